The van der Waals surface area contributed by atoms with Crippen LogP contribution in [0.25, 0.3) is 0 Å². The van der Waals surface area contributed by atoms with E-state index in [2.05, 4.69) is 17.1 Å². The molecule has 1 rings (SSSR count). The molecule has 1 amide bonds. The topological polar surface area (TPSA) is 52.6 Å². The van der Waals surface area contributed by atoms with Crippen LogP contribution < -0.4 is 5.32 Å². The number of unbranched alkanes of at least 4 members (excludes halogenated alkanes) is 1. The van der Waals surface area contributed by atoms with Crippen LogP contribution in [0.5, 0.6) is 0 Å². The Balaban J connectivity index is 1.95. The van der Waals surface area contributed by atoms with Gasteiger partial charge in [0.1, 0.15) is 0 Å². The van der Waals surface area contributed by atoms with Crippen molar-refractivity contribution < 1.29 is 9.90 Å². The zero-order chi connectivity index (χ0) is 12.5. The Hall–Kier alpha value is -0.610. The lowest BCUT2D eigenvalue weighted by atomic mass is 10.1. The number of carbonyl (C=O) groups excluding carboxylic acids is 1. The smallest absolute Gasteiger partial charge is 0.219 e. The Labute approximate surface area is 104 Å². The van der Waals surface area contributed by atoms with E-state index in [4.69, 9.17) is 0 Å². The van der Waals surface area contributed by atoms with Gasteiger partial charge in [-0.2, -0.15) is 0 Å². The molecule has 0 bridgehead atoms. The summed E-state index contributed by atoms with van der Waals surface area (Å²) >= 11 is 0. The first-order chi connectivity index (χ1) is 8.22. The largest absolute Gasteiger partial charge is 0.393 e. The van der Waals surface area contributed by atoms with E-state index in [0.717, 1.165) is 58.3 Å². The molecule has 0 spiro atoms. The summed E-state index contributed by atoms with van der Waals surface area (Å²) < 4.78 is 0. The maximum Gasteiger partial charge on any atom is 0.219 e. The van der Waals surface area contributed by atoms with Gasteiger partial charge in [-0.1, -0.05) is 13.3 Å². The summed E-state index contributed by atoms with van der Waals surface area (Å²) in [6.07, 6.45) is 5.41. The monoisotopic (exact) mass is 242 g/mol. The van der Waals surface area contributed by atoms with Crippen LogP contribution in [-0.4, -0.2) is 48.2 Å². The maximum atomic E-state index is 11.3. The highest BCUT2D eigenvalue weighted by molar-refractivity contribution is 5.75. The van der Waals surface area contributed by atoms with Gasteiger partial charge in [0.05, 0.1) is 6.10 Å². The third kappa shape index (κ3) is 6.64. The molecule has 1 fully saturated rings. The number of hydrogen-bond acceptors (Lipinski definition) is 3. The van der Waals surface area contributed by atoms with E-state index in [0.29, 0.717) is 6.42 Å². The highest BCUT2D eigenvalue weighted by atomic mass is 16.3. The molecule has 1 aliphatic heterocycles. The number of aliphatic hydroxyl groups excluding tert-OH is 1. The van der Waals surface area contributed by atoms with Crippen LogP contribution in [0, 0.1) is 0 Å². The highest BCUT2D eigenvalue weighted by Gasteiger charge is 2.15. The molecule has 2 N–H and O–H groups in total. The summed E-state index contributed by atoms with van der Waals surface area (Å²) in [5.74, 6) is 0.181. The standard InChI is InChI=1S/C13H26N2O2/c1-2-3-5-13(17)14-8-4-9-15-10-6-12(16)7-11-15/h12,16H,2-11H2,1H3,(H,14,17). The minimum absolute atomic E-state index is 0.0972. The number of amides is 1. The van der Waals surface area contributed by atoms with Crippen LogP contribution in [0.2, 0.25) is 0 Å². The van der Waals surface area contributed by atoms with Gasteiger partial charge in [0.2, 0.25) is 5.91 Å². The lowest BCUT2D eigenvalue weighted by molar-refractivity contribution is -0.121. The first-order valence-electron chi connectivity index (χ1n) is 6.89. The van der Waals surface area contributed by atoms with Crippen LogP contribution in [-0.2, 0) is 4.79 Å². The quantitative estimate of drug-likeness (QED) is 0.658. The minimum Gasteiger partial charge on any atom is -0.393 e. The molecule has 17 heavy (non-hydrogen) atoms. The molecule has 0 aliphatic carbocycles. The fourth-order valence-corrected chi connectivity index (χ4v) is 2.10. The second-order valence-electron chi connectivity index (χ2n) is 4.88. The second-order valence-corrected chi connectivity index (χ2v) is 4.88. The minimum atomic E-state index is -0.0972. The van der Waals surface area contributed by atoms with Gasteiger partial charge in [-0.25, -0.2) is 0 Å². The van der Waals surface area contributed by atoms with Gasteiger partial charge in [0, 0.05) is 26.1 Å². The Kier molecular flexibility index (Phi) is 7.21. The van der Waals surface area contributed by atoms with E-state index in [1.54, 1.807) is 0 Å². The fraction of sp³-hybridized carbons (Fsp3) is 0.923. The van der Waals surface area contributed by atoms with Crippen molar-refractivity contribution in [2.24, 2.45) is 0 Å². The van der Waals surface area contributed by atoms with Crippen molar-refractivity contribution in [1.29, 1.82) is 0 Å². The second kappa shape index (κ2) is 8.48. The lowest BCUT2D eigenvalue weighted by Crippen LogP contribution is -2.37. The van der Waals surface area contributed by atoms with Gasteiger partial charge in [-0.3, -0.25) is 4.79 Å². The average Bonchev–Trinajstić information content (AvgIpc) is 2.34. The molecular weight excluding hydrogens is 216 g/mol. The molecule has 0 atom stereocenters. The summed E-state index contributed by atoms with van der Waals surface area (Å²) in [6.45, 7) is 5.89. The van der Waals surface area contributed by atoms with Crippen molar-refractivity contribution in [2.45, 2.75) is 51.6 Å². The number of nitrogens with one attached hydrogen (secondary N) is 1. The zero-order valence-electron chi connectivity index (χ0n) is 11.0. The summed E-state index contributed by atoms with van der Waals surface area (Å²) in [4.78, 5) is 13.7. The SMILES string of the molecule is CCCCC(=O)NCCCN1CCC(O)CC1. The predicted molar refractivity (Wildman–Crippen MR) is 68.8 cm³/mol. The van der Waals surface area contributed by atoms with Crippen LogP contribution in [0.3, 0.4) is 0 Å². The molecule has 0 aromatic heterocycles. The summed E-state index contributed by atoms with van der Waals surface area (Å²) in [5, 5.41) is 12.3. The van der Waals surface area contributed by atoms with E-state index in [-0.39, 0.29) is 12.0 Å². The number of piperidine rings is 1. The summed E-state index contributed by atoms with van der Waals surface area (Å²) in [6, 6.07) is 0. The lowest BCUT2D eigenvalue weighted by Gasteiger charge is -2.29. The number of likely N-dealkylation sites (tertiary alicyclic amines) is 1. The van der Waals surface area contributed by atoms with Gasteiger partial charge < -0.3 is 15.3 Å². The number of nitrogens with zero attached hydrogens (tertiary/aromatic N) is 1. The Morgan fingerprint density at radius 2 is 2.06 bits per heavy atom. The third-order valence-corrected chi connectivity index (χ3v) is 3.29. The molecule has 4 heteroatoms. The number of hydrogen-bond donors (Lipinski definition) is 2. The molecule has 0 aromatic carbocycles. The molecule has 0 radical (unpaired) electrons. The first kappa shape index (κ1) is 14.5. The predicted octanol–water partition coefficient (Wildman–Crippen LogP) is 1.14. The van der Waals surface area contributed by atoms with Gasteiger partial charge in [0.25, 0.3) is 0 Å². The Morgan fingerprint density at radius 1 is 1.35 bits per heavy atom. The van der Waals surface area contributed by atoms with Crippen LogP contribution in [0.1, 0.15) is 45.4 Å². The van der Waals surface area contributed by atoms with Crippen molar-refractivity contribution in [3.63, 3.8) is 0 Å². The molecule has 0 unspecified atom stereocenters. The van der Waals surface area contributed by atoms with Crippen LogP contribution >= 0.6 is 0 Å². The molecule has 1 aliphatic rings. The molecule has 100 valence electrons. The van der Waals surface area contributed by atoms with Crippen molar-refractivity contribution >= 4 is 5.91 Å². The fourth-order valence-electron chi connectivity index (χ4n) is 2.10. The normalized spacial score (nSPS) is 18.2. The molecular formula is C13H26N2O2. The van der Waals surface area contributed by atoms with Crippen LogP contribution in [0.15, 0.2) is 0 Å². The van der Waals surface area contributed by atoms with Gasteiger partial charge in [0.15, 0.2) is 0 Å². The highest BCUT2D eigenvalue weighted by Crippen LogP contribution is 2.09. The van der Waals surface area contributed by atoms with Crippen molar-refractivity contribution in [3.8, 4) is 0 Å². The molecule has 0 saturated carbocycles. The molecule has 0 aromatic rings. The van der Waals surface area contributed by atoms with E-state index in [9.17, 15) is 9.90 Å². The maximum absolute atomic E-state index is 11.3. The van der Waals surface area contributed by atoms with E-state index in [1.807, 2.05) is 0 Å². The van der Waals surface area contributed by atoms with E-state index < -0.39 is 0 Å². The molecule has 1 heterocycles. The zero-order valence-corrected chi connectivity index (χ0v) is 11.0. The van der Waals surface area contributed by atoms with Crippen molar-refractivity contribution in [2.75, 3.05) is 26.2 Å². The number of carbonyl (C=O) groups is 1. The summed E-state index contributed by atoms with van der Waals surface area (Å²) in [7, 11) is 0. The first-order valence-corrected chi connectivity index (χ1v) is 6.89. The Morgan fingerprint density at radius 3 is 2.71 bits per heavy atom. The van der Waals surface area contributed by atoms with Gasteiger partial charge in [-0.05, 0) is 32.2 Å². The van der Waals surface area contributed by atoms with Gasteiger partial charge in [-0.15, -0.1) is 0 Å². The van der Waals surface area contributed by atoms with Crippen LogP contribution in [0.4, 0.5) is 0 Å². The average molecular weight is 242 g/mol. The summed E-state index contributed by atoms with van der Waals surface area (Å²) in [5.41, 5.74) is 0. The van der Waals surface area contributed by atoms with E-state index in [1.165, 1.54) is 0 Å². The Bertz CT molecular complexity index is 213. The molecule has 4 nitrogen and oxygen atoms in total. The number of rotatable bonds is 7. The molecule has 1 saturated heterocycles. The van der Waals surface area contributed by atoms with Crippen molar-refractivity contribution in [1.82, 2.24) is 10.2 Å². The van der Waals surface area contributed by atoms with Crippen molar-refractivity contribution in [3.05, 3.63) is 0 Å². The third-order valence-electron chi connectivity index (χ3n) is 3.29. The van der Waals surface area contributed by atoms with E-state index >= 15 is 0 Å². The van der Waals surface area contributed by atoms with Gasteiger partial charge >= 0.3 is 0 Å². The number of aliphatic hydroxyl groups is 1.